The first-order chi connectivity index (χ1) is 11.7. The van der Waals surface area contributed by atoms with E-state index in [1.165, 1.54) is 0 Å². The van der Waals surface area contributed by atoms with Crippen LogP contribution in [0.3, 0.4) is 0 Å². The largest absolute Gasteiger partial charge is 0.454 e. The highest BCUT2D eigenvalue weighted by Crippen LogP contribution is 2.45. The molecule has 2 aromatic carbocycles. The molecular formula is C18H12N2O3S. The SMILES string of the molecule is O=C1C2=C(NC(=S)NC2c2cccc3c2OCO3)c2ccccc21. The van der Waals surface area contributed by atoms with Crippen molar-refractivity contribution in [1.29, 1.82) is 0 Å². The van der Waals surface area contributed by atoms with Gasteiger partial charge in [-0.1, -0.05) is 36.4 Å². The molecule has 5 rings (SSSR count). The van der Waals surface area contributed by atoms with Crippen LogP contribution in [0.15, 0.2) is 48.0 Å². The van der Waals surface area contributed by atoms with Gasteiger partial charge in [0.15, 0.2) is 22.4 Å². The molecule has 0 radical (unpaired) electrons. The lowest BCUT2D eigenvalue weighted by molar-refractivity contribution is 0.103. The van der Waals surface area contributed by atoms with Crippen molar-refractivity contribution in [3.63, 3.8) is 0 Å². The molecule has 3 aliphatic rings. The van der Waals surface area contributed by atoms with Gasteiger partial charge in [0.05, 0.1) is 17.3 Å². The summed E-state index contributed by atoms with van der Waals surface area (Å²) >= 11 is 5.36. The molecule has 0 saturated heterocycles. The Hall–Kier alpha value is -2.86. The van der Waals surface area contributed by atoms with Crippen molar-refractivity contribution in [2.45, 2.75) is 6.04 Å². The van der Waals surface area contributed by atoms with E-state index >= 15 is 0 Å². The van der Waals surface area contributed by atoms with Crippen molar-refractivity contribution in [3.8, 4) is 11.5 Å². The number of hydrogen-bond donors (Lipinski definition) is 2. The smallest absolute Gasteiger partial charge is 0.231 e. The van der Waals surface area contributed by atoms with Crippen molar-refractivity contribution in [2.75, 3.05) is 6.79 Å². The fourth-order valence-electron chi connectivity index (χ4n) is 3.48. The van der Waals surface area contributed by atoms with Crippen LogP contribution >= 0.6 is 12.2 Å². The Kier molecular flexibility index (Phi) is 2.72. The molecule has 1 atom stereocenters. The predicted octanol–water partition coefficient (Wildman–Crippen LogP) is 2.54. The van der Waals surface area contributed by atoms with Crippen LogP contribution in [0.5, 0.6) is 11.5 Å². The molecule has 2 aliphatic heterocycles. The number of ether oxygens (including phenoxy) is 2. The molecule has 0 fully saturated rings. The highest BCUT2D eigenvalue weighted by atomic mass is 32.1. The number of thiocarbonyl (C=S) groups is 1. The number of carbonyl (C=O) groups is 1. The van der Waals surface area contributed by atoms with E-state index in [4.69, 9.17) is 21.7 Å². The first kappa shape index (κ1) is 13.6. The van der Waals surface area contributed by atoms with E-state index in [-0.39, 0.29) is 18.6 Å². The summed E-state index contributed by atoms with van der Waals surface area (Å²) in [5.41, 5.74) is 3.87. The summed E-state index contributed by atoms with van der Waals surface area (Å²) in [4.78, 5) is 13.0. The lowest BCUT2D eigenvalue weighted by Crippen LogP contribution is -2.43. The van der Waals surface area contributed by atoms with Gasteiger partial charge in [0.1, 0.15) is 0 Å². The lowest BCUT2D eigenvalue weighted by Gasteiger charge is -2.28. The van der Waals surface area contributed by atoms with Crippen LogP contribution in [-0.4, -0.2) is 17.7 Å². The van der Waals surface area contributed by atoms with Gasteiger partial charge >= 0.3 is 0 Å². The molecule has 24 heavy (non-hydrogen) atoms. The Balaban J connectivity index is 1.71. The van der Waals surface area contributed by atoms with Gasteiger partial charge in [-0.15, -0.1) is 0 Å². The van der Waals surface area contributed by atoms with Gasteiger partial charge in [0.2, 0.25) is 6.79 Å². The first-order valence-electron chi connectivity index (χ1n) is 7.58. The van der Waals surface area contributed by atoms with Gasteiger partial charge in [-0.25, -0.2) is 0 Å². The molecule has 0 spiro atoms. The third kappa shape index (κ3) is 1.74. The van der Waals surface area contributed by atoms with Crippen molar-refractivity contribution in [2.24, 2.45) is 0 Å². The Morgan fingerprint density at radius 2 is 1.88 bits per heavy atom. The van der Waals surface area contributed by atoms with E-state index in [0.29, 0.717) is 27.7 Å². The molecule has 1 aliphatic carbocycles. The van der Waals surface area contributed by atoms with Gasteiger partial charge in [-0.2, -0.15) is 0 Å². The van der Waals surface area contributed by atoms with Crippen LogP contribution in [0.1, 0.15) is 27.5 Å². The van der Waals surface area contributed by atoms with Crippen LogP contribution < -0.4 is 20.1 Å². The summed E-state index contributed by atoms with van der Waals surface area (Å²) in [6.45, 7) is 0.182. The number of nitrogens with one attached hydrogen (secondary N) is 2. The maximum Gasteiger partial charge on any atom is 0.231 e. The molecule has 2 N–H and O–H groups in total. The lowest BCUT2D eigenvalue weighted by atomic mass is 9.93. The van der Waals surface area contributed by atoms with E-state index in [1.807, 2.05) is 42.5 Å². The molecular weight excluding hydrogens is 324 g/mol. The van der Waals surface area contributed by atoms with Gasteiger partial charge < -0.3 is 20.1 Å². The van der Waals surface area contributed by atoms with E-state index in [1.54, 1.807) is 0 Å². The van der Waals surface area contributed by atoms with Crippen molar-refractivity contribution < 1.29 is 14.3 Å². The van der Waals surface area contributed by atoms with Crippen LogP contribution in [0.4, 0.5) is 0 Å². The normalized spacial score (nSPS) is 20.4. The van der Waals surface area contributed by atoms with E-state index < -0.39 is 0 Å². The summed E-state index contributed by atoms with van der Waals surface area (Å²) in [7, 11) is 0. The summed E-state index contributed by atoms with van der Waals surface area (Å²) in [5.74, 6) is 1.35. The van der Waals surface area contributed by atoms with Crippen LogP contribution in [0.2, 0.25) is 0 Å². The Morgan fingerprint density at radius 1 is 1.04 bits per heavy atom. The van der Waals surface area contributed by atoms with E-state index in [9.17, 15) is 4.79 Å². The topological polar surface area (TPSA) is 59.6 Å². The molecule has 1 unspecified atom stereocenters. The predicted molar refractivity (Wildman–Crippen MR) is 91.9 cm³/mol. The van der Waals surface area contributed by atoms with Crippen molar-refractivity contribution in [3.05, 3.63) is 64.7 Å². The Bertz CT molecular complexity index is 951. The third-order valence-corrected chi connectivity index (χ3v) is 4.72. The second-order valence-electron chi connectivity index (χ2n) is 5.78. The van der Waals surface area contributed by atoms with Gasteiger partial charge in [0.25, 0.3) is 0 Å². The van der Waals surface area contributed by atoms with Gasteiger partial charge in [-0.05, 0) is 18.3 Å². The molecule has 0 amide bonds. The molecule has 0 bridgehead atoms. The fourth-order valence-corrected chi connectivity index (χ4v) is 3.70. The second-order valence-corrected chi connectivity index (χ2v) is 6.18. The Morgan fingerprint density at radius 3 is 2.75 bits per heavy atom. The number of ketones is 1. The zero-order valence-corrected chi connectivity index (χ0v) is 13.3. The standard InChI is InChI=1S/C18H12N2O3S/c21-16-10-5-2-1-4-9(10)14-13(16)15(20-18(24)19-14)11-6-3-7-12-17(11)23-8-22-12/h1-7,15H,8H2,(H2,19,20,24). The summed E-state index contributed by atoms with van der Waals surface area (Å²) in [5, 5.41) is 6.83. The number of fused-ring (bicyclic) bond motifs is 3. The fraction of sp³-hybridized carbons (Fsp3) is 0.111. The minimum Gasteiger partial charge on any atom is -0.454 e. The quantitative estimate of drug-likeness (QED) is 0.781. The van der Waals surface area contributed by atoms with E-state index in [2.05, 4.69) is 10.6 Å². The van der Waals surface area contributed by atoms with Crippen LogP contribution in [-0.2, 0) is 0 Å². The average molecular weight is 336 g/mol. The Labute approximate surface area is 143 Å². The molecule has 2 aromatic rings. The average Bonchev–Trinajstić information content (AvgIpc) is 3.18. The molecule has 5 nitrogen and oxygen atoms in total. The first-order valence-corrected chi connectivity index (χ1v) is 7.99. The number of carbonyl (C=O) groups excluding carboxylic acids is 1. The summed E-state index contributed by atoms with van der Waals surface area (Å²) in [6, 6.07) is 12.9. The highest BCUT2D eigenvalue weighted by Gasteiger charge is 2.40. The number of Topliss-reactive ketones (excluding diaryl/α,β-unsaturated/α-hetero) is 1. The highest BCUT2D eigenvalue weighted by molar-refractivity contribution is 7.80. The number of rotatable bonds is 1. The van der Waals surface area contributed by atoms with Crippen molar-refractivity contribution in [1.82, 2.24) is 10.6 Å². The number of hydrogen-bond acceptors (Lipinski definition) is 4. The summed E-state index contributed by atoms with van der Waals surface area (Å²) in [6.07, 6.45) is 0. The zero-order chi connectivity index (χ0) is 16.3. The van der Waals surface area contributed by atoms with Crippen molar-refractivity contribution >= 4 is 28.8 Å². The number of para-hydroxylation sites is 1. The second kappa shape index (κ2) is 4.82. The number of benzene rings is 2. The zero-order valence-electron chi connectivity index (χ0n) is 12.5. The molecule has 0 saturated carbocycles. The maximum absolute atomic E-state index is 13.0. The van der Waals surface area contributed by atoms with Gasteiger partial charge in [-0.3, -0.25) is 4.79 Å². The molecule has 6 heteroatoms. The molecule has 0 aromatic heterocycles. The molecule has 118 valence electrons. The van der Waals surface area contributed by atoms with Gasteiger partial charge in [0, 0.05) is 16.7 Å². The third-order valence-electron chi connectivity index (χ3n) is 4.50. The van der Waals surface area contributed by atoms with Crippen LogP contribution in [0.25, 0.3) is 5.70 Å². The summed E-state index contributed by atoms with van der Waals surface area (Å²) < 4.78 is 11.1. The van der Waals surface area contributed by atoms with E-state index in [0.717, 1.165) is 16.8 Å². The monoisotopic (exact) mass is 336 g/mol. The minimum absolute atomic E-state index is 0.00428. The molecule has 2 heterocycles. The maximum atomic E-state index is 13.0. The minimum atomic E-state index is -0.370. The van der Waals surface area contributed by atoms with Crippen LogP contribution in [0, 0.1) is 0 Å².